The molecule has 0 unspecified atom stereocenters. The molecule has 5 nitrogen and oxygen atoms in total. The van der Waals surface area contributed by atoms with Gasteiger partial charge in [-0.3, -0.25) is 10.2 Å². The number of hydrogen-bond acceptors (Lipinski definition) is 3. The van der Waals surface area contributed by atoms with E-state index in [4.69, 9.17) is 11.6 Å². The topological polar surface area (TPSA) is 59.8 Å². The van der Waals surface area contributed by atoms with Gasteiger partial charge in [-0.05, 0) is 17.7 Å². The highest BCUT2D eigenvalue weighted by Crippen LogP contribution is 2.09. The molecule has 0 atom stereocenters. The number of halogens is 1. The van der Waals surface area contributed by atoms with E-state index in [9.17, 15) is 4.79 Å². The van der Waals surface area contributed by atoms with Crippen molar-refractivity contribution in [3.63, 3.8) is 0 Å². The van der Waals surface area contributed by atoms with Crippen molar-refractivity contribution in [2.75, 3.05) is 5.43 Å². The van der Waals surface area contributed by atoms with Gasteiger partial charge in [0.15, 0.2) is 0 Å². The average molecular weight is 237 g/mol. The molecule has 1 N–H and O–H groups in total. The zero-order chi connectivity index (χ0) is 11.4. The fraction of sp³-hybridized carbons (Fsp3) is 0.100. The van der Waals surface area contributed by atoms with Gasteiger partial charge in [0.2, 0.25) is 5.91 Å². The van der Waals surface area contributed by atoms with Crippen molar-refractivity contribution in [1.29, 1.82) is 0 Å². The summed E-state index contributed by atoms with van der Waals surface area (Å²) in [6, 6.07) is 7.13. The second-order valence-electron chi connectivity index (χ2n) is 3.21. The summed E-state index contributed by atoms with van der Waals surface area (Å²) < 4.78 is 1.40. The number of hydrogen-bond donors (Lipinski definition) is 1. The molecule has 16 heavy (non-hydrogen) atoms. The Balaban J connectivity index is 1.95. The molecule has 0 fully saturated rings. The normalized spacial score (nSPS) is 10.1. The van der Waals surface area contributed by atoms with Crippen molar-refractivity contribution in [2.45, 2.75) is 6.42 Å². The first-order valence-corrected chi connectivity index (χ1v) is 5.01. The summed E-state index contributed by atoms with van der Waals surface area (Å²) in [7, 11) is 0. The number of aromatic nitrogens is 3. The zero-order valence-electron chi connectivity index (χ0n) is 8.30. The number of carbonyl (C=O) groups is 1. The van der Waals surface area contributed by atoms with Gasteiger partial charge in [-0.2, -0.15) is 0 Å². The molecule has 0 aliphatic rings. The van der Waals surface area contributed by atoms with E-state index in [0.717, 1.165) is 5.56 Å². The van der Waals surface area contributed by atoms with Crippen molar-refractivity contribution in [2.24, 2.45) is 0 Å². The van der Waals surface area contributed by atoms with Gasteiger partial charge in [0, 0.05) is 5.02 Å². The highest BCUT2D eigenvalue weighted by molar-refractivity contribution is 6.30. The molecule has 6 heteroatoms. The highest BCUT2D eigenvalue weighted by atomic mass is 35.5. The number of benzene rings is 1. The van der Waals surface area contributed by atoms with Gasteiger partial charge >= 0.3 is 0 Å². The van der Waals surface area contributed by atoms with Crippen LogP contribution in [0.4, 0.5) is 0 Å². The Labute approximate surface area is 97.0 Å². The molecule has 1 heterocycles. The van der Waals surface area contributed by atoms with Crippen LogP contribution in [0.3, 0.4) is 0 Å². The van der Waals surface area contributed by atoms with Crippen LogP contribution in [-0.2, 0) is 11.2 Å². The molecular formula is C10H9ClN4O. The van der Waals surface area contributed by atoms with E-state index in [1.54, 1.807) is 12.1 Å². The van der Waals surface area contributed by atoms with Crippen LogP contribution in [0.2, 0.25) is 5.02 Å². The standard InChI is InChI=1S/C10H9ClN4O/c11-9-3-1-8(2-4-9)5-10(16)14-15-6-12-13-7-15/h1-4,6-7H,5H2,(H,14,16). The Morgan fingerprint density at radius 1 is 1.25 bits per heavy atom. The molecule has 1 aromatic carbocycles. The Hall–Kier alpha value is -1.88. The van der Waals surface area contributed by atoms with Gasteiger partial charge in [-0.25, -0.2) is 4.68 Å². The number of nitrogens with zero attached hydrogens (tertiary/aromatic N) is 3. The van der Waals surface area contributed by atoms with E-state index in [-0.39, 0.29) is 12.3 Å². The lowest BCUT2D eigenvalue weighted by atomic mass is 10.1. The Morgan fingerprint density at radius 3 is 2.50 bits per heavy atom. The van der Waals surface area contributed by atoms with Gasteiger partial charge in [-0.15, -0.1) is 10.2 Å². The molecule has 0 bridgehead atoms. The number of rotatable bonds is 3. The summed E-state index contributed by atoms with van der Waals surface area (Å²) in [6.45, 7) is 0. The van der Waals surface area contributed by atoms with Crippen LogP contribution < -0.4 is 5.43 Å². The van der Waals surface area contributed by atoms with E-state index < -0.39 is 0 Å². The van der Waals surface area contributed by atoms with Crippen LogP contribution in [0.15, 0.2) is 36.9 Å². The third-order valence-electron chi connectivity index (χ3n) is 1.95. The van der Waals surface area contributed by atoms with Crippen molar-refractivity contribution < 1.29 is 4.79 Å². The predicted octanol–water partition coefficient (Wildman–Crippen LogP) is 1.24. The quantitative estimate of drug-likeness (QED) is 0.873. The molecule has 1 amide bonds. The zero-order valence-corrected chi connectivity index (χ0v) is 9.05. The molecule has 2 rings (SSSR count). The highest BCUT2D eigenvalue weighted by Gasteiger charge is 2.03. The average Bonchev–Trinajstić information content (AvgIpc) is 2.74. The van der Waals surface area contributed by atoms with Gasteiger partial charge in [0.25, 0.3) is 0 Å². The van der Waals surface area contributed by atoms with E-state index in [2.05, 4.69) is 15.6 Å². The first-order chi connectivity index (χ1) is 7.74. The van der Waals surface area contributed by atoms with E-state index in [1.807, 2.05) is 12.1 Å². The SMILES string of the molecule is O=C(Cc1ccc(Cl)cc1)Nn1cnnc1. The summed E-state index contributed by atoms with van der Waals surface area (Å²) >= 11 is 5.74. The fourth-order valence-corrected chi connectivity index (χ4v) is 1.36. The second-order valence-corrected chi connectivity index (χ2v) is 3.64. The minimum Gasteiger partial charge on any atom is -0.273 e. The van der Waals surface area contributed by atoms with E-state index in [0.29, 0.717) is 5.02 Å². The lowest BCUT2D eigenvalue weighted by Crippen LogP contribution is -2.23. The summed E-state index contributed by atoms with van der Waals surface area (Å²) in [5, 5.41) is 7.80. The number of amides is 1. The van der Waals surface area contributed by atoms with Gasteiger partial charge < -0.3 is 0 Å². The molecule has 0 radical (unpaired) electrons. The van der Waals surface area contributed by atoms with E-state index in [1.165, 1.54) is 17.3 Å². The molecule has 1 aromatic heterocycles. The van der Waals surface area contributed by atoms with Crippen molar-refractivity contribution in [3.8, 4) is 0 Å². The van der Waals surface area contributed by atoms with Gasteiger partial charge in [-0.1, -0.05) is 23.7 Å². The Morgan fingerprint density at radius 2 is 1.88 bits per heavy atom. The maximum absolute atomic E-state index is 11.5. The molecule has 82 valence electrons. The van der Waals surface area contributed by atoms with Crippen molar-refractivity contribution in [1.82, 2.24) is 14.9 Å². The van der Waals surface area contributed by atoms with Crippen LogP contribution in [0.25, 0.3) is 0 Å². The van der Waals surface area contributed by atoms with E-state index >= 15 is 0 Å². The van der Waals surface area contributed by atoms with Crippen LogP contribution in [0, 0.1) is 0 Å². The number of carbonyl (C=O) groups excluding carboxylic acids is 1. The predicted molar refractivity (Wildman–Crippen MR) is 59.5 cm³/mol. The maximum atomic E-state index is 11.5. The second kappa shape index (κ2) is 4.76. The van der Waals surface area contributed by atoms with Crippen molar-refractivity contribution >= 4 is 17.5 Å². The molecule has 0 aliphatic carbocycles. The van der Waals surface area contributed by atoms with Gasteiger partial charge in [0.05, 0.1) is 6.42 Å². The minimum atomic E-state index is -0.137. The number of nitrogens with one attached hydrogen (secondary N) is 1. The Kier molecular flexibility index (Phi) is 3.16. The van der Waals surface area contributed by atoms with Crippen LogP contribution in [0.5, 0.6) is 0 Å². The fourth-order valence-electron chi connectivity index (χ4n) is 1.23. The van der Waals surface area contributed by atoms with Crippen LogP contribution in [-0.4, -0.2) is 20.8 Å². The van der Waals surface area contributed by atoms with Crippen LogP contribution >= 0.6 is 11.6 Å². The third kappa shape index (κ3) is 2.80. The molecule has 0 saturated carbocycles. The molecule has 0 aliphatic heterocycles. The van der Waals surface area contributed by atoms with Gasteiger partial charge in [0.1, 0.15) is 12.7 Å². The summed E-state index contributed by atoms with van der Waals surface area (Å²) in [4.78, 5) is 11.5. The lowest BCUT2D eigenvalue weighted by Gasteiger charge is -2.04. The van der Waals surface area contributed by atoms with Crippen LogP contribution in [0.1, 0.15) is 5.56 Å². The molecular weight excluding hydrogens is 228 g/mol. The summed E-state index contributed by atoms with van der Waals surface area (Å²) in [5.74, 6) is -0.137. The monoisotopic (exact) mass is 236 g/mol. The summed E-state index contributed by atoms with van der Waals surface area (Å²) in [6.07, 6.45) is 3.12. The Bertz CT molecular complexity index is 466. The maximum Gasteiger partial charge on any atom is 0.243 e. The molecule has 0 spiro atoms. The minimum absolute atomic E-state index is 0.137. The third-order valence-corrected chi connectivity index (χ3v) is 2.20. The summed E-state index contributed by atoms with van der Waals surface area (Å²) in [5.41, 5.74) is 3.50. The first kappa shape index (κ1) is 10.6. The smallest absolute Gasteiger partial charge is 0.243 e. The molecule has 0 saturated heterocycles. The lowest BCUT2D eigenvalue weighted by molar-refractivity contribution is -0.116. The largest absolute Gasteiger partial charge is 0.273 e. The molecule has 2 aromatic rings. The van der Waals surface area contributed by atoms with Crippen molar-refractivity contribution in [3.05, 3.63) is 47.5 Å². The first-order valence-electron chi connectivity index (χ1n) is 4.63.